The highest BCUT2D eigenvalue weighted by Gasteiger charge is 2.30. The third-order valence-corrected chi connectivity index (χ3v) is 5.42. The fourth-order valence-corrected chi connectivity index (χ4v) is 3.39. The van der Waals surface area contributed by atoms with Crippen molar-refractivity contribution in [3.8, 4) is 17.6 Å². The van der Waals surface area contributed by atoms with E-state index in [9.17, 15) is 23.2 Å². The third-order valence-electron chi connectivity index (χ3n) is 4.70. The maximum absolute atomic E-state index is 12.9. The summed E-state index contributed by atoms with van der Waals surface area (Å²) >= 11 is 2.22. The molecule has 0 aliphatic rings. The van der Waals surface area contributed by atoms with Gasteiger partial charge in [0.2, 0.25) is 0 Å². The first-order valence-electron chi connectivity index (χ1n) is 10.4. The Hall–Kier alpha value is -3.52. The Morgan fingerprint density at radius 2 is 1.80 bits per heavy atom. The minimum absolute atomic E-state index is 0.0691. The van der Waals surface area contributed by atoms with Gasteiger partial charge in [0, 0.05) is 9.26 Å². The van der Waals surface area contributed by atoms with E-state index in [4.69, 9.17) is 9.47 Å². The lowest BCUT2D eigenvalue weighted by Crippen LogP contribution is -2.14. The maximum Gasteiger partial charge on any atom is 0.416 e. The molecule has 0 fully saturated rings. The SMILES string of the molecule is CCOc1cc(/C=C(/C#N)C(=O)Nc2cccc(C(F)(F)F)c2)ccc1OCc1ccc(I)cc1. The first-order chi connectivity index (χ1) is 16.7. The van der Waals surface area contributed by atoms with Crippen LogP contribution in [0.2, 0.25) is 0 Å². The number of nitriles is 1. The van der Waals surface area contributed by atoms with Crippen molar-refractivity contribution >= 4 is 40.3 Å². The average Bonchev–Trinajstić information content (AvgIpc) is 2.83. The van der Waals surface area contributed by atoms with Gasteiger partial charge in [0.1, 0.15) is 18.2 Å². The number of alkyl halides is 3. The van der Waals surface area contributed by atoms with Crippen molar-refractivity contribution in [2.75, 3.05) is 11.9 Å². The van der Waals surface area contributed by atoms with Crippen LogP contribution in [0.25, 0.3) is 6.08 Å². The number of amides is 1. The van der Waals surface area contributed by atoms with Gasteiger partial charge in [0.25, 0.3) is 5.91 Å². The Morgan fingerprint density at radius 1 is 1.06 bits per heavy atom. The quantitative estimate of drug-likeness (QED) is 0.177. The molecule has 0 atom stereocenters. The standard InChI is InChI=1S/C26H20F3IN2O3/c1-2-34-24-13-18(8-11-23(24)35-16-17-6-9-21(30)10-7-17)12-19(15-31)25(33)32-22-5-3-4-20(14-22)26(27,28)29/h3-14H,2,16H2,1H3,(H,32,33)/b19-12-. The smallest absolute Gasteiger partial charge is 0.416 e. The fourth-order valence-electron chi connectivity index (χ4n) is 3.03. The number of nitrogens with one attached hydrogen (secondary N) is 1. The molecule has 1 N–H and O–H groups in total. The van der Waals surface area contributed by atoms with Crippen LogP contribution in [-0.2, 0) is 17.6 Å². The Labute approximate surface area is 214 Å². The number of hydrogen-bond donors (Lipinski definition) is 1. The molecule has 0 aliphatic carbocycles. The number of rotatable bonds is 8. The van der Waals surface area contributed by atoms with Crippen molar-refractivity contribution in [3.63, 3.8) is 0 Å². The van der Waals surface area contributed by atoms with Crippen LogP contribution in [-0.4, -0.2) is 12.5 Å². The topological polar surface area (TPSA) is 71.3 Å². The highest BCUT2D eigenvalue weighted by molar-refractivity contribution is 14.1. The average molecular weight is 592 g/mol. The van der Waals surface area contributed by atoms with Crippen molar-refractivity contribution in [2.24, 2.45) is 0 Å². The predicted molar refractivity (Wildman–Crippen MR) is 135 cm³/mol. The number of ether oxygens (including phenoxy) is 2. The zero-order valence-corrected chi connectivity index (χ0v) is 20.7. The van der Waals surface area contributed by atoms with Crippen LogP contribution in [0.4, 0.5) is 18.9 Å². The Morgan fingerprint density at radius 3 is 2.46 bits per heavy atom. The van der Waals surface area contributed by atoms with Crippen molar-refractivity contribution in [1.29, 1.82) is 5.26 Å². The molecule has 0 saturated heterocycles. The lowest BCUT2D eigenvalue weighted by molar-refractivity contribution is -0.137. The molecular weight excluding hydrogens is 572 g/mol. The normalized spacial score (nSPS) is 11.5. The molecule has 35 heavy (non-hydrogen) atoms. The van der Waals surface area contributed by atoms with Crippen LogP contribution in [0, 0.1) is 14.9 Å². The van der Waals surface area contributed by atoms with Gasteiger partial charge in [-0.2, -0.15) is 18.4 Å². The molecule has 180 valence electrons. The maximum atomic E-state index is 12.9. The number of carbonyl (C=O) groups excluding carboxylic acids is 1. The van der Waals surface area contributed by atoms with E-state index in [0.29, 0.717) is 30.3 Å². The van der Waals surface area contributed by atoms with Crippen LogP contribution in [0.5, 0.6) is 11.5 Å². The molecule has 0 bridgehead atoms. The van der Waals surface area contributed by atoms with E-state index in [1.165, 1.54) is 18.2 Å². The Bertz CT molecular complexity index is 1270. The Kier molecular flexibility index (Phi) is 8.76. The van der Waals surface area contributed by atoms with Crippen molar-refractivity contribution in [2.45, 2.75) is 19.7 Å². The first kappa shape index (κ1) is 26.1. The minimum Gasteiger partial charge on any atom is -0.490 e. The van der Waals surface area contributed by atoms with Crippen molar-refractivity contribution < 1.29 is 27.4 Å². The van der Waals surface area contributed by atoms with Crippen LogP contribution in [0.1, 0.15) is 23.6 Å². The second-order valence-electron chi connectivity index (χ2n) is 7.26. The summed E-state index contributed by atoms with van der Waals surface area (Å²) in [5.74, 6) is 0.0978. The van der Waals surface area contributed by atoms with Gasteiger partial charge < -0.3 is 14.8 Å². The summed E-state index contributed by atoms with van der Waals surface area (Å²) in [5.41, 5.74) is 0.221. The van der Waals surface area contributed by atoms with Gasteiger partial charge in [-0.3, -0.25) is 4.79 Å². The molecule has 0 saturated carbocycles. The molecule has 0 spiro atoms. The van der Waals surface area contributed by atoms with Gasteiger partial charge >= 0.3 is 6.18 Å². The zero-order chi connectivity index (χ0) is 25.4. The molecule has 1 amide bonds. The Balaban J connectivity index is 1.78. The van der Waals surface area contributed by atoms with Gasteiger partial charge in [0.15, 0.2) is 11.5 Å². The monoisotopic (exact) mass is 592 g/mol. The molecule has 3 rings (SSSR count). The second-order valence-corrected chi connectivity index (χ2v) is 8.50. The molecule has 0 heterocycles. The van der Waals surface area contributed by atoms with E-state index < -0.39 is 17.6 Å². The lowest BCUT2D eigenvalue weighted by atomic mass is 10.1. The largest absolute Gasteiger partial charge is 0.490 e. The van der Waals surface area contributed by atoms with Gasteiger partial charge in [-0.1, -0.05) is 24.3 Å². The summed E-state index contributed by atoms with van der Waals surface area (Å²) in [4.78, 5) is 12.5. The molecule has 0 radical (unpaired) electrons. The third kappa shape index (κ3) is 7.48. The number of halogens is 4. The van der Waals surface area contributed by atoms with Gasteiger partial charge in [-0.05, 0) is 89.2 Å². The molecular formula is C26H20F3IN2O3. The second kappa shape index (κ2) is 11.8. The highest BCUT2D eigenvalue weighted by Crippen LogP contribution is 2.32. The van der Waals surface area contributed by atoms with Crippen LogP contribution >= 0.6 is 22.6 Å². The zero-order valence-electron chi connectivity index (χ0n) is 18.5. The fraction of sp³-hybridized carbons (Fsp3) is 0.154. The van der Waals surface area contributed by atoms with Crippen LogP contribution in [0.15, 0.2) is 72.3 Å². The van der Waals surface area contributed by atoms with E-state index in [0.717, 1.165) is 21.3 Å². The summed E-state index contributed by atoms with van der Waals surface area (Å²) in [6, 6.07) is 18.8. The summed E-state index contributed by atoms with van der Waals surface area (Å²) in [6.07, 6.45) is -3.22. The molecule has 3 aromatic carbocycles. The first-order valence-corrected chi connectivity index (χ1v) is 11.5. The van der Waals surface area contributed by atoms with E-state index in [-0.39, 0.29) is 11.3 Å². The number of nitrogens with zero attached hydrogens (tertiary/aromatic N) is 1. The molecule has 0 aliphatic heterocycles. The van der Waals surface area contributed by atoms with Gasteiger partial charge in [-0.15, -0.1) is 0 Å². The summed E-state index contributed by atoms with van der Waals surface area (Å²) in [7, 11) is 0. The number of benzene rings is 3. The molecule has 5 nitrogen and oxygen atoms in total. The van der Waals surface area contributed by atoms with E-state index in [1.807, 2.05) is 31.2 Å². The summed E-state index contributed by atoms with van der Waals surface area (Å²) in [6.45, 7) is 2.51. The van der Waals surface area contributed by atoms with Gasteiger partial charge in [-0.25, -0.2) is 0 Å². The number of anilines is 1. The number of hydrogen-bond acceptors (Lipinski definition) is 4. The van der Waals surface area contributed by atoms with E-state index in [1.54, 1.807) is 24.3 Å². The van der Waals surface area contributed by atoms with E-state index >= 15 is 0 Å². The van der Waals surface area contributed by atoms with Crippen molar-refractivity contribution in [3.05, 3.63) is 92.6 Å². The van der Waals surface area contributed by atoms with Crippen LogP contribution in [0.3, 0.4) is 0 Å². The highest BCUT2D eigenvalue weighted by atomic mass is 127. The molecule has 0 aromatic heterocycles. The molecule has 0 unspecified atom stereocenters. The van der Waals surface area contributed by atoms with Crippen molar-refractivity contribution in [1.82, 2.24) is 0 Å². The predicted octanol–water partition coefficient (Wildman–Crippen LogP) is 6.83. The number of carbonyl (C=O) groups is 1. The van der Waals surface area contributed by atoms with Gasteiger partial charge in [0.05, 0.1) is 12.2 Å². The van der Waals surface area contributed by atoms with E-state index in [2.05, 4.69) is 27.9 Å². The minimum atomic E-state index is -4.55. The molecule has 3 aromatic rings. The van der Waals surface area contributed by atoms with Crippen LogP contribution < -0.4 is 14.8 Å². The lowest BCUT2D eigenvalue weighted by Gasteiger charge is -2.13. The summed E-state index contributed by atoms with van der Waals surface area (Å²) < 4.78 is 51.4. The molecule has 9 heteroatoms. The summed E-state index contributed by atoms with van der Waals surface area (Å²) in [5, 5.41) is 11.8.